The van der Waals surface area contributed by atoms with Gasteiger partial charge in [-0.2, -0.15) is 0 Å². The van der Waals surface area contributed by atoms with E-state index in [0.717, 1.165) is 17.7 Å². The number of piperidine rings is 1. The number of aromatic hydroxyl groups is 1. The van der Waals surface area contributed by atoms with Crippen LogP contribution in [0.25, 0.3) is 0 Å². The van der Waals surface area contributed by atoms with Gasteiger partial charge in [-0.15, -0.1) is 0 Å². The maximum atomic E-state index is 12.5. The van der Waals surface area contributed by atoms with Crippen LogP contribution >= 0.6 is 9.24 Å². The molecule has 5 rings (SSSR count). The van der Waals surface area contributed by atoms with Crippen LogP contribution in [0.2, 0.25) is 0 Å². The predicted octanol–water partition coefficient (Wildman–Crippen LogP) is 0.977. The minimum Gasteiger partial charge on any atom is -0.504 e. The Morgan fingerprint density at radius 2 is 2.17 bits per heavy atom. The lowest BCUT2D eigenvalue weighted by molar-refractivity contribution is -0.172. The van der Waals surface area contributed by atoms with E-state index in [2.05, 4.69) is 14.1 Å². The molecule has 2 N–H and O–H groups in total. The summed E-state index contributed by atoms with van der Waals surface area (Å²) >= 11 is 0. The molecule has 4 aliphatic rings. The predicted molar refractivity (Wildman–Crippen MR) is 108 cm³/mol. The van der Waals surface area contributed by atoms with Crippen molar-refractivity contribution in [1.82, 2.24) is 4.90 Å². The molecule has 9 heteroatoms. The average Bonchev–Trinajstić information content (AvgIpc) is 3.04. The highest BCUT2D eigenvalue weighted by Crippen LogP contribution is 2.65. The quantitative estimate of drug-likeness (QED) is 0.537. The Bertz CT molecular complexity index is 994. The SMILES string of the molecule is CC(=O)O[C@@H](P)C(=O)OC1=CC[C@@]2(O)[C@H]3Cc4ccc(O)c5c4C2(CCN3C)C1O5. The number of phenolic OH excluding ortho intramolecular Hbond substituents is 1. The first-order chi connectivity index (χ1) is 14.2. The molecule has 0 radical (unpaired) electrons. The molecule has 2 aliphatic carbocycles. The second-order valence-electron chi connectivity index (χ2n) is 8.55. The molecule has 1 aromatic carbocycles. The normalized spacial score (nSPS) is 34.3. The van der Waals surface area contributed by atoms with Gasteiger partial charge in [0.1, 0.15) is 5.76 Å². The number of hydrogen-bond acceptors (Lipinski definition) is 8. The third-order valence-corrected chi connectivity index (χ3v) is 7.51. The van der Waals surface area contributed by atoms with Crippen LogP contribution in [0.5, 0.6) is 11.5 Å². The van der Waals surface area contributed by atoms with Crippen molar-refractivity contribution in [2.24, 2.45) is 0 Å². The summed E-state index contributed by atoms with van der Waals surface area (Å²) < 4.78 is 16.7. The number of phenols is 1. The van der Waals surface area contributed by atoms with Crippen molar-refractivity contribution >= 4 is 21.2 Å². The van der Waals surface area contributed by atoms with Crippen LogP contribution in [-0.2, 0) is 30.9 Å². The number of hydrogen-bond donors (Lipinski definition) is 2. The Morgan fingerprint density at radius 1 is 1.40 bits per heavy atom. The summed E-state index contributed by atoms with van der Waals surface area (Å²) in [5.74, 6) is -1.85. The minimum atomic E-state index is -1.15. The number of benzene rings is 1. The zero-order chi connectivity index (χ0) is 21.4. The molecule has 1 aromatic rings. The summed E-state index contributed by atoms with van der Waals surface area (Å²) in [6, 6.07) is 3.37. The third-order valence-electron chi connectivity index (χ3n) is 7.10. The number of nitrogens with zero attached hydrogens (tertiary/aromatic N) is 1. The zero-order valence-corrected chi connectivity index (χ0v) is 17.9. The van der Waals surface area contributed by atoms with Crippen molar-refractivity contribution < 1.29 is 34.0 Å². The lowest BCUT2D eigenvalue weighted by atomic mass is 9.50. The molecule has 8 nitrogen and oxygen atoms in total. The lowest BCUT2D eigenvalue weighted by Gasteiger charge is -2.61. The van der Waals surface area contributed by atoms with Crippen molar-refractivity contribution in [3.63, 3.8) is 0 Å². The Labute approximate surface area is 176 Å². The van der Waals surface area contributed by atoms with E-state index in [1.807, 2.05) is 13.1 Å². The number of carbonyl (C=O) groups excluding carboxylic acids is 2. The minimum absolute atomic E-state index is 0.00627. The van der Waals surface area contributed by atoms with Crippen LogP contribution in [0.15, 0.2) is 24.0 Å². The summed E-state index contributed by atoms with van der Waals surface area (Å²) in [6.07, 6.45) is 2.46. The number of esters is 2. The van der Waals surface area contributed by atoms with E-state index in [-0.39, 0.29) is 24.0 Å². The Hall–Kier alpha value is -2.15. The summed E-state index contributed by atoms with van der Waals surface area (Å²) in [5.41, 5.74) is -0.0944. The van der Waals surface area contributed by atoms with Crippen LogP contribution in [0.1, 0.15) is 30.9 Å². The average molecular weight is 433 g/mol. The van der Waals surface area contributed by atoms with Gasteiger partial charge in [0, 0.05) is 24.9 Å². The largest absolute Gasteiger partial charge is 0.504 e. The second kappa shape index (κ2) is 6.42. The number of carbonyl (C=O) groups is 2. The van der Waals surface area contributed by atoms with E-state index < -0.39 is 34.9 Å². The molecule has 160 valence electrons. The van der Waals surface area contributed by atoms with E-state index >= 15 is 0 Å². The Kier molecular flexibility index (Phi) is 4.24. The first-order valence-corrected chi connectivity index (χ1v) is 10.6. The number of aliphatic hydroxyl groups is 1. The molecule has 1 spiro atoms. The van der Waals surface area contributed by atoms with Gasteiger partial charge in [0.2, 0.25) is 5.85 Å². The van der Waals surface area contributed by atoms with Crippen LogP contribution in [0, 0.1) is 0 Å². The highest BCUT2D eigenvalue weighted by atomic mass is 31.0. The molecule has 1 saturated heterocycles. The molecule has 2 aliphatic heterocycles. The van der Waals surface area contributed by atoms with Crippen molar-refractivity contribution in [1.29, 1.82) is 0 Å². The van der Waals surface area contributed by atoms with E-state index in [4.69, 9.17) is 14.2 Å². The molecule has 0 saturated carbocycles. The van der Waals surface area contributed by atoms with E-state index in [1.165, 1.54) is 6.92 Å². The molecule has 1 fully saturated rings. The fraction of sp³-hybridized carbons (Fsp3) is 0.524. The number of likely N-dealkylation sites (N-methyl/N-ethyl adjacent to an activating group) is 1. The van der Waals surface area contributed by atoms with Crippen molar-refractivity contribution in [2.75, 3.05) is 13.6 Å². The highest BCUT2D eigenvalue weighted by molar-refractivity contribution is 7.19. The lowest BCUT2D eigenvalue weighted by Crippen LogP contribution is -2.74. The van der Waals surface area contributed by atoms with Gasteiger partial charge in [-0.25, -0.2) is 4.79 Å². The molecule has 2 heterocycles. The molecule has 30 heavy (non-hydrogen) atoms. The van der Waals surface area contributed by atoms with Crippen molar-refractivity contribution in [3.8, 4) is 11.5 Å². The maximum Gasteiger partial charge on any atom is 0.356 e. The van der Waals surface area contributed by atoms with Crippen LogP contribution in [-0.4, -0.2) is 64.2 Å². The Morgan fingerprint density at radius 3 is 2.90 bits per heavy atom. The monoisotopic (exact) mass is 433 g/mol. The second-order valence-corrected chi connectivity index (χ2v) is 9.16. The molecular weight excluding hydrogens is 409 g/mol. The van der Waals surface area contributed by atoms with E-state index in [0.29, 0.717) is 18.6 Å². The maximum absolute atomic E-state index is 12.5. The van der Waals surface area contributed by atoms with Crippen LogP contribution in [0.3, 0.4) is 0 Å². The fourth-order valence-corrected chi connectivity index (χ4v) is 6.10. The van der Waals surface area contributed by atoms with Gasteiger partial charge < -0.3 is 29.3 Å². The zero-order valence-electron chi connectivity index (χ0n) is 16.8. The molecule has 0 aromatic heterocycles. The molecule has 6 atom stereocenters. The van der Waals surface area contributed by atoms with Gasteiger partial charge in [-0.1, -0.05) is 15.3 Å². The molecular formula is C21H24NO7P. The van der Waals surface area contributed by atoms with Gasteiger partial charge in [0.25, 0.3) is 0 Å². The Balaban J connectivity index is 1.60. The summed E-state index contributed by atoms with van der Waals surface area (Å²) in [7, 11) is 4.14. The van der Waals surface area contributed by atoms with Crippen LogP contribution < -0.4 is 4.74 Å². The number of likely N-dealkylation sites (tertiary alicyclic amines) is 1. The molecule has 0 amide bonds. The summed E-state index contributed by atoms with van der Waals surface area (Å²) in [6.45, 7) is 1.95. The third kappa shape index (κ3) is 2.38. The van der Waals surface area contributed by atoms with E-state index in [9.17, 15) is 19.8 Å². The van der Waals surface area contributed by atoms with Crippen molar-refractivity contribution in [2.45, 2.75) is 55.2 Å². The summed E-state index contributed by atoms with van der Waals surface area (Å²) in [5, 5.41) is 22.5. The first-order valence-electron chi connectivity index (χ1n) is 9.98. The van der Waals surface area contributed by atoms with Gasteiger partial charge in [-0.3, -0.25) is 4.79 Å². The first kappa shape index (κ1) is 19.8. The molecule has 2 bridgehead atoms. The van der Waals surface area contributed by atoms with Crippen LogP contribution in [0.4, 0.5) is 0 Å². The molecule has 3 unspecified atom stereocenters. The van der Waals surface area contributed by atoms with Gasteiger partial charge in [-0.05, 0) is 44.1 Å². The smallest absolute Gasteiger partial charge is 0.356 e. The number of rotatable bonds is 3. The fourth-order valence-electron chi connectivity index (χ4n) is 5.84. The van der Waals surface area contributed by atoms with Gasteiger partial charge in [0.15, 0.2) is 17.6 Å². The topological polar surface area (TPSA) is 106 Å². The van der Waals surface area contributed by atoms with Crippen molar-refractivity contribution in [3.05, 3.63) is 35.1 Å². The summed E-state index contributed by atoms with van der Waals surface area (Å²) in [4.78, 5) is 25.8. The van der Waals surface area contributed by atoms with Gasteiger partial charge in [0.05, 0.1) is 11.0 Å². The standard InChI is InChI=1S/C21H24NO7P/c1-10(23)27-19(30)18(25)28-13-5-6-21(26)14-9-11-3-4-12(24)16-15(11)20(21,17(13)29-16)7-8-22(14)2/h3-5,14,17,19,24,26H,6-9,30H2,1-2H3/t14-,17?,19+,20?,21-/m1/s1. The van der Waals surface area contributed by atoms with Gasteiger partial charge >= 0.3 is 11.9 Å². The number of ether oxygens (including phenoxy) is 3. The van der Waals surface area contributed by atoms with E-state index in [1.54, 1.807) is 12.1 Å². The highest BCUT2D eigenvalue weighted by Gasteiger charge is 2.72.